The fourth-order valence-corrected chi connectivity index (χ4v) is 6.08. The summed E-state index contributed by atoms with van der Waals surface area (Å²) in [5.41, 5.74) is 1.50. The third-order valence-electron chi connectivity index (χ3n) is 8.20. The number of piperidine rings is 1. The van der Waals surface area contributed by atoms with E-state index >= 15 is 0 Å². The van der Waals surface area contributed by atoms with Crippen LogP contribution in [0, 0.1) is 11.3 Å². The van der Waals surface area contributed by atoms with E-state index in [-0.39, 0.29) is 30.3 Å². The van der Waals surface area contributed by atoms with Crippen LogP contribution in [0.1, 0.15) is 68.9 Å². The summed E-state index contributed by atoms with van der Waals surface area (Å²) in [5, 5.41) is 14.1. The van der Waals surface area contributed by atoms with Gasteiger partial charge in [0, 0.05) is 43.9 Å². The van der Waals surface area contributed by atoms with Crippen molar-refractivity contribution in [2.75, 3.05) is 24.6 Å². The van der Waals surface area contributed by atoms with Crippen LogP contribution < -0.4 is 15.8 Å². The zero-order valence-corrected chi connectivity index (χ0v) is 28.6. The first-order chi connectivity index (χ1) is 23.3. The molecule has 13 heteroatoms. The zero-order valence-electron chi connectivity index (χ0n) is 28.6. The monoisotopic (exact) mass is 671 g/mol. The molecular weight excluding hydrogens is 630 g/mol. The summed E-state index contributed by atoms with van der Waals surface area (Å²) in [5.74, 6) is 0.00265. The van der Waals surface area contributed by atoms with Crippen LogP contribution in [0.2, 0.25) is 0 Å². The van der Waals surface area contributed by atoms with Gasteiger partial charge >= 0.3 is 18.2 Å². The number of benzene rings is 2. The summed E-state index contributed by atoms with van der Waals surface area (Å²) in [6, 6.07) is 16.1. The van der Waals surface area contributed by atoms with Gasteiger partial charge in [0.15, 0.2) is 0 Å². The van der Waals surface area contributed by atoms with Gasteiger partial charge in [0.25, 0.3) is 5.56 Å². The standard InChI is InChI=1S/C36H41N5O8/c1-7-46-35(45)48-22(2)47-33(43)23-14-15-29-27(17-23)28-18-30(40-16-10-13-26(21-40)38-34(44)49-36(3,4)5)41(31(28)32(42)39(29)6)20-25-12-9-8-11-24(25)19-37/h8-9,11-12,14-15,17-18,22,26H,7,10,13,16,20-21H2,1-6H3,(H,38,44)/t22?,26-/m1/s1. The molecule has 13 nitrogen and oxygen atoms in total. The van der Waals surface area contributed by atoms with E-state index in [2.05, 4.69) is 16.3 Å². The fourth-order valence-electron chi connectivity index (χ4n) is 6.08. The molecule has 5 rings (SSSR count). The second-order valence-electron chi connectivity index (χ2n) is 12.9. The molecule has 0 aliphatic carbocycles. The first-order valence-corrected chi connectivity index (χ1v) is 16.2. The number of alkyl carbamates (subject to hydrolysis) is 1. The Balaban J connectivity index is 1.60. The maximum absolute atomic E-state index is 14.1. The van der Waals surface area contributed by atoms with Gasteiger partial charge in [0.1, 0.15) is 16.9 Å². The highest BCUT2D eigenvalue weighted by atomic mass is 16.8. The maximum atomic E-state index is 14.1. The Kier molecular flexibility index (Phi) is 10.2. The Morgan fingerprint density at radius 3 is 2.55 bits per heavy atom. The lowest BCUT2D eigenvalue weighted by Crippen LogP contribution is -2.49. The molecule has 2 aromatic carbocycles. The van der Waals surface area contributed by atoms with E-state index in [4.69, 9.17) is 18.9 Å². The molecule has 0 saturated carbocycles. The highest BCUT2D eigenvalue weighted by Gasteiger charge is 2.28. The number of aromatic nitrogens is 2. The predicted octanol–water partition coefficient (Wildman–Crippen LogP) is 5.58. The maximum Gasteiger partial charge on any atom is 0.511 e. The van der Waals surface area contributed by atoms with Crippen LogP contribution in [0.4, 0.5) is 15.4 Å². The van der Waals surface area contributed by atoms with Gasteiger partial charge < -0.3 is 38.3 Å². The number of esters is 1. The highest BCUT2D eigenvalue weighted by molar-refractivity contribution is 6.09. The molecule has 1 saturated heterocycles. The van der Waals surface area contributed by atoms with E-state index in [1.54, 1.807) is 44.3 Å². The lowest BCUT2D eigenvalue weighted by atomic mass is 10.1. The molecule has 1 amide bonds. The largest absolute Gasteiger partial charge is 0.511 e. The van der Waals surface area contributed by atoms with Gasteiger partial charge in [0.2, 0.25) is 6.29 Å². The number of amides is 1. The van der Waals surface area contributed by atoms with E-state index in [0.717, 1.165) is 24.2 Å². The zero-order chi connectivity index (χ0) is 35.5. The molecule has 1 aliphatic heterocycles. The van der Waals surface area contributed by atoms with Crippen molar-refractivity contribution in [3.8, 4) is 6.07 Å². The lowest BCUT2D eigenvalue weighted by molar-refractivity contribution is -0.0811. The van der Waals surface area contributed by atoms with Gasteiger partial charge in [-0.3, -0.25) is 4.79 Å². The van der Waals surface area contributed by atoms with Crippen molar-refractivity contribution < 1.29 is 33.3 Å². The molecule has 258 valence electrons. The highest BCUT2D eigenvalue weighted by Crippen LogP contribution is 2.33. The Hall–Kier alpha value is -5.51. The van der Waals surface area contributed by atoms with E-state index < -0.39 is 30.1 Å². The molecule has 2 atom stereocenters. The first kappa shape index (κ1) is 34.8. The summed E-state index contributed by atoms with van der Waals surface area (Å²) in [4.78, 5) is 53.7. The van der Waals surface area contributed by atoms with Crippen LogP contribution in [0.25, 0.3) is 21.8 Å². The SMILES string of the molecule is CCOC(=O)OC(C)OC(=O)c1ccc2c(c1)c1cc(N3CCC[C@@H](NC(=O)OC(C)(C)C)C3)n(Cc3ccccc3C#N)c1c(=O)n2C. The number of aryl methyl sites for hydroxylation is 1. The average molecular weight is 672 g/mol. The number of hydrogen-bond donors (Lipinski definition) is 1. The van der Waals surface area contributed by atoms with Gasteiger partial charge in [-0.2, -0.15) is 5.26 Å². The summed E-state index contributed by atoms with van der Waals surface area (Å²) >= 11 is 0. The first-order valence-electron chi connectivity index (χ1n) is 16.2. The number of nitriles is 1. The van der Waals surface area contributed by atoms with Crippen LogP contribution in [0.3, 0.4) is 0 Å². The molecule has 1 unspecified atom stereocenters. The minimum Gasteiger partial charge on any atom is -0.444 e. The Bertz CT molecular complexity index is 2000. The number of fused-ring (bicyclic) bond motifs is 3. The van der Waals surface area contributed by atoms with Crippen molar-refractivity contribution in [1.29, 1.82) is 5.26 Å². The average Bonchev–Trinajstić information content (AvgIpc) is 3.42. The summed E-state index contributed by atoms with van der Waals surface area (Å²) in [6.07, 6.45) is -1.12. The molecule has 1 aliphatic rings. The van der Waals surface area contributed by atoms with E-state index in [0.29, 0.717) is 40.5 Å². The smallest absolute Gasteiger partial charge is 0.444 e. The number of pyridine rings is 1. The van der Waals surface area contributed by atoms with Crippen molar-refractivity contribution in [2.24, 2.45) is 7.05 Å². The molecule has 3 heterocycles. The van der Waals surface area contributed by atoms with Gasteiger partial charge in [-0.15, -0.1) is 0 Å². The Morgan fingerprint density at radius 1 is 1.08 bits per heavy atom. The summed E-state index contributed by atoms with van der Waals surface area (Å²) in [6.45, 7) is 9.94. The fraction of sp³-hybridized carbons (Fsp3) is 0.417. The van der Waals surface area contributed by atoms with Crippen LogP contribution in [0.15, 0.2) is 53.3 Å². The van der Waals surface area contributed by atoms with Crippen LogP contribution in [-0.4, -0.2) is 65.0 Å². The van der Waals surface area contributed by atoms with Gasteiger partial charge in [-0.25, -0.2) is 14.4 Å². The quantitative estimate of drug-likeness (QED) is 0.143. The number of carbonyl (C=O) groups excluding carboxylic acids is 3. The van der Waals surface area contributed by atoms with Crippen molar-refractivity contribution in [2.45, 2.75) is 71.9 Å². The summed E-state index contributed by atoms with van der Waals surface area (Å²) in [7, 11) is 1.67. The molecule has 49 heavy (non-hydrogen) atoms. The molecule has 0 radical (unpaired) electrons. The van der Waals surface area contributed by atoms with Gasteiger partial charge in [-0.05, 0) is 76.4 Å². The van der Waals surface area contributed by atoms with Crippen molar-refractivity contribution >= 4 is 45.8 Å². The number of carbonyl (C=O) groups is 3. The second-order valence-corrected chi connectivity index (χ2v) is 12.9. The topological polar surface area (TPSA) is 154 Å². The van der Waals surface area contributed by atoms with Crippen molar-refractivity contribution in [3.63, 3.8) is 0 Å². The number of nitrogens with one attached hydrogen (secondary N) is 1. The number of hydrogen-bond acceptors (Lipinski definition) is 10. The van der Waals surface area contributed by atoms with Crippen LogP contribution in [0.5, 0.6) is 0 Å². The lowest BCUT2D eigenvalue weighted by Gasteiger charge is -2.35. The van der Waals surface area contributed by atoms with Crippen LogP contribution >= 0.6 is 0 Å². The Morgan fingerprint density at radius 2 is 1.84 bits per heavy atom. The third-order valence-corrected chi connectivity index (χ3v) is 8.20. The number of anilines is 1. The van der Waals surface area contributed by atoms with Crippen molar-refractivity contribution in [1.82, 2.24) is 14.5 Å². The molecule has 1 fully saturated rings. The minimum absolute atomic E-state index is 0.112. The molecule has 1 N–H and O–H groups in total. The normalized spacial score (nSPS) is 15.4. The number of nitrogens with zero attached hydrogens (tertiary/aromatic N) is 4. The number of ether oxygens (including phenoxy) is 4. The van der Waals surface area contributed by atoms with Gasteiger partial charge in [0.05, 0.1) is 35.9 Å². The van der Waals surface area contributed by atoms with Crippen molar-refractivity contribution in [3.05, 3.63) is 75.6 Å². The molecule has 0 bridgehead atoms. The number of rotatable bonds is 8. The summed E-state index contributed by atoms with van der Waals surface area (Å²) < 4.78 is 24.0. The predicted molar refractivity (Wildman–Crippen MR) is 183 cm³/mol. The van der Waals surface area contributed by atoms with Crippen LogP contribution in [-0.2, 0) is 32.5 Å². The molecular formula is C36H41N5O8. The Labute approximate surface area is 283 Å². The van der Waals surface area contributed by atoms with E-state index in [1.165, 1.54) is 11.5 Å². The second kappa shape index (κ2) is 14.3. The van der Waals surface area contributed by atoms with Gasteiger partial charge in [-0.1, -0.05) is 18.2 Å². The van der Waals surface area contributed by atoms with E-state index in [1.807, 2.05) is 43.5 Å². The third kappa shape index (κ3) is 7.80. The minimum atomic E-state index is -1.20. The van der Waals surface area contributed by atoms with E-state index in [9.17, 15) is 24.4 Å². The molecule has 4 aromatic rings. The molecule has 0 spiro atoms. The molecule has 2 aromatic heterocycles.